The fourth-order valence-electron chi connectivity index (χ4n) is 4.31. The van der Waals surface area contributed by atoms with Gasteiger partial charge in [-0.15, -0.1) is 0 Å². The number of nitrogens with zero attached hydrogens (tertiary/aromatic N) is 7. The van der Waals surface area contributed by atoms with E-state index in [1.54, 1.807) is 25.1 Å². The lowest BCUT2D eigenvalue weighted by Gasteiger charge is -2.23. The maximum atomic E-state index is 15.4. The largest absolute Gasteiger partial charge is 0.455 e. The average molecular weight is 557 g/mol. The predicted octanol–water partition coefficient (Wildman–Crippen LogP) is 1.75. The lowest BCUT2D eigenvalue weighted by molar-refractivity contribution is -0.389. The second kappa shape index (κ2) is 10.6. The molecule has 40 heavy (non-hydrogen) atoms. The van der Waals surface area contributed by atoms with Crippen LogP contribution in [-0.4, -0.2) is 82.4 Å². The van der Waals surface area contributed by atoms with Crippen LogP contribution in [-0.2, 0) is 16.1 Å². The normalized spacial score (nSPS) is 18.0. The molecule has 15 nitrogen and oxygen atoms in total. The van der Waals surface area contributed by atoms with E-state index in [1.165, 1.54) is 40.9 Å². The fraction of sp³-hybridized carbons (Fsp3) is 0.375. The molecule has 0 bridgehead atoms. The van der Waals surface area contributed by atoms with Crippen LogP contribution in [0.15, 0.2) is 30.6 Å². The Kier molecular flexibility index (Phi) is 7.06. The van der Waals surface area contributed by atoms with Crippen molar-refractivity contribution in [2.24, 2.45) is 0 Å². The summed E-state index contributed by atoms with van der Waals surface area (Å²) in [5.74, 6) is -0.800. The minimum absolute atomic E-state index is 0.0150. The molecule has 0 radical (unpaired) electrons. The molecule has 1 saturated heterocycles. The Hall–Kier alpha value is -5.02. The fourth-order valence-corrected chi connectivity index (χ4v) is 4.31. The van der Waals surface area contributed by atoms with Crippen LogP contribution in [0.4, 0.5) is 26.5 Å². The van der Waals surface area contributed by atoms with Gasteiger partial charge in [-0.3, -0.25) is 14.3 Å². The van der Waals surface area contributed by atoms with Gasteiger partial charge in [-0.1, -0.05) is 0 Å². The van der Waals surface area contributed by atoms with Gasteiger partial charge >= 0.3 is 23.9 Å². The SMILES string of the molecule is CC(=O)NC[C@H]1CN(c2ccc(-c3cnc(O[C@@H]4COc5nc([N+](=O)[O-])cn5C4)nc3N(C)C)c(F)c2)C(=O)O1. The van der Waals surface area contributed by atoms with Gasteiger partial charge in [0.05, 0.1) is 25.3 Å². The van der Waals surface area contributed by atoms with Crippen molar-refractivity contribution >= 4 is 29.3 Å². The Morgan fingerprint density at radius 2 is 2.10 bits per heavy atom. The first-order valence-corrected chi connectivity index (χ1v) is 12.2. The number of carbonyl (C=O) groups is 2. The molecule has 0 spiro atoms. The van der Waals surface area contributed by atoms with Crippen molar-refractivity contribution in [2.75, 3.05) is 43.6 Å². The molecule has 2 amide bonds. The first-order valence-electron chi connectivity index (χ1n) is 12.2. The van der Waals surface area contributed by atoms with Crippen molar-refractivity contribution < 1.29 is 33.1 Å². The number of hydrogen-bond donors (Lipinski definition) is 1. The summed E-state index contributed by atoms with van der Waals surface area (Å²) in [4.78, 5) is 49.3. The van der Waals surface area contributed by atoms with Gasteiger partial charge < -0.3 is 34.5 Å². The molecule has 1 N–H and O–H groups in total. The quantitative estimate of drug-likeness (QED) is 0.317. The number of rotatable bonds is 8. The second-order valence-electron chi connectivity index (χ2n) is 9.34. The summed E-state index contributed by atoms with van der Waals surface area (Å²) in [6.45, 7) is 2.00. The molecule has 3 aromatic rings. The number of cyclic esters (lactones) is 1. The zero-order valence-corrected chi connectivity index (χ0v) is 21.7. The zero-order valence-electron chi connectivity index (χ0n) is 21.7. The Balaban J connectivity index is 1.32. The third kappa shape index (κ3) is 5.41. The molecule has 1 fully saturated rings. The summed E-state index contributed by atoms with van der Waals surface area (Å²) in [6.07, 6.45) is 0.960. The number of aromatic nitrogens is 4. The van der Waals surface area contributed by atoms with Gasteiger partial charge in [0, 0.05) is 43.3 Å². The first kappa shape index (κ1) is 26.6. The number of imidazole rings is 1. The smallest absolute Gasteiger partial charge is 0.414 e. The van der Waals surface area contributed by atoms with Crippen LogP contribution in [0.25, 0.3) is 11.1 Å². The third-order valence-electron chi connectivity index (χ3n) is 6.16. The molecule has 16 heteroatoms. The van der Waals surface area contributed by atoms with E-state index in [-0.39, 0.29) is 55.6 Å². The van der Waals surface area contributed by atoms with E-state index in [0.717, 1.165) is 0 Å². The average Bonchev–Trinajstić information content (AvgIpc) is 3.50. The minimum Gasteiger partial charge on any atom is -0.455 e. The summed E-state index contributed by atoms with van der Waals surface area (Å²) >= 11 is 0. The van der Waals surface area contributed by atoms with Crippen molar-refractivity contribution in [1.29, 1.82) is 0 Å². The van der Waals surface area contributed by atoms with E-state index >= 15 is 4.39 Å². The molecule has 0 aliphatic carbocycles. The van der Waals surface area contributed by atoms with E-state index in [4.69, 9.17) is 14.2 Å². The summed E-state index contributed by atoms with van der Waals surface area (Å²) in [5, 5.41) is 13.6. The molecule has 0 unspecified atom stereocenters. The van der Waals surface area contributed by atoms with E-state index < -0.39 is 29.0 Å². The molecule has 2 aromatic heterocycles. The Morgan fingerprint density at radius 3 is 2.80 bits per heavy atom. The highest BCUT2D eigenvalue weighted by molar-refractivity contribution is 5.90. The van der Waals surface area contributed by atoms with Gasteiger partial charge in [-0.05, 0) is 23.1 Å². The number of ether oxygens (including phenoxy) is 3. The molecular weight excluding hydrogens is 531 g/mol. The lowest BCUT2D eigenvalue weighted by atomic mass is 10.1. The Bertz CT molecular complexity index is 1480. The van der Waals surface area contributed by atoms with E-state index in [9.17, 15) is 19.7 Å². The van der Waals surface area contributed by atoms with Crippen molar-refractivity contribution in [2.45, 2.75) is 25.7 Å². The maximum absolute atomic E-state index is 15.4. The number of carbonyl (C=O) groups excluding carboxylic acids is 2. The molecule has 2 aliphatic rings. The number of nitrogens with one attached hydrogen (secondary N) is 1. The maximum Gasteiger partial charge on any atom is 0.414 e. The number of amides is 2. The summed E-state index contributed by atoms with van der Waals surface area (Å²) in [7, 11) is 3.47. The van der Waals surface area contributed by atoms with Gasteiger partial charge in [0.15, 0.2) is 6.10 Å². The van der Waals surface area contributed by atoms with E-state index in [0.29, 0.717) is 17.1 Å². The third-order valence-corrected chi connectivity index (χ3v) is 6.16. The number of anilines is 2. The molecule has 210 valence electrons. The zero-order chi connectivity index (χ0) is 28.6. The molecule has 5 rings (SSSR count). The predicted molar refractivity (Wildman–Crippen MR) is 137 cm³/mol. The summed E-state index contributed by atoms with van der Waals surface area (Å²) in [5.41, 5.74) is 0.902. The van der Waals surface area contributed by atoms with Crippen LogP contribution in [0.3, 0.4) is 0 Å². The van der Waals surface area contributed by atoms with Crippen molar-refractivity contribution in [1.82, 2.24) is 24.8 Å². The van der Waals surface area contributed by atoms with Gasteiger partial charge in [0.2, 0.25) is 5.91 Å². The molecule has 1 aromatic carbocycles. The highest BCUT2D eigenvalue weighted by Gasteiger charge is 2.33. The van der Waals surface area contributed by atoms with Crippen molar-refractivity contribution in [3.8, 4) is 23.1 Å². The number of benzene rings is 1. The van der Waals surface area contributed by atoms with Crippen molar-refractivity contribution in [3.05, 3.63) is 46.5 Å². The van der Waals surface area contributed by atoms with Crippen LogP contribution in [0.1, 0.15) is 6.92 Å². The van der Waals surface area contributed by atoms with Crippen LogP contribution >= 0.6 is 0 Å². The van der Waals surface area contributed by atoms with Gasteiger partial charge in [0.25, 0.3) is 0 Å². The first-order chi connectivity index (χ1) is 19.1. The molecular formula is C24H25FN8O7. The highest BCUT2D eigenvalue weighted by atomic mass is 19.1. The lowest BCUT2D eigenvalue weighted by Crippen LogP contribution is -2.35. The van der Waals surface area contributed by atoms with Crippen LogP contribution in [0.5, 0.6) is 12.0 Å². The minimum atomic E-state index is -0.634. The van der Waals surface area contributed by atoms with E-state index in [2.05, 4.69) is 20.3 Å². The van der Waals surface area contributed by atoms with Gasteiger partial charge in [0.1, 0.15) is 30.5 Å². The highest BCUT2D eigenvalue weighted by Crippen LogP contribution is 2.34. The topological polar surface area (TPSA) is 167 Å². The Labute approximate surface area is 226 Å². The number of nitro groups is 1. The number of halogens is 1. The molecule has 2 aliphatic heterocycles. The van der Waals surface area contributed by atoms with Crippen LogP contribution in [0.2, 0.25) is 0 Å². The molecule has 4 heterocycles. The molecule has 0 saturated carbocycles. The number of hydrogen-bond acceptors (Lipinski definition) is 11. The van der Waals surface area contributed by atoms with Crippen LogP contribution < -0.4 is 24.6 Å². The van der Waals surface area contributed by atoms with Gasteiger partial charge in [-0.25, -0.2) is 14.2 Å². The van der Waals surface area contributed by atoms with Gasteiger partial charge in [-0.2, -0.15) is 4.98 Å². The second-order valence-corrected chi connectivity index (χ2v) is 9.34. The summed E-state index contributed by atoms with van der Waals surface area (Å²) < 4.78 is 33.4. The summed E-state index contributed by atoms with van der Waals surface area (Å²) in [6, 6.07) is 4.48. The Morgan fingerprint density at radius 1 is 1.30 bits per heavy atom. The van der Waals surface area contributed by atoms with Crippen molar-refractivity contribution in [3.63, 3.8) is 0 Å². The molecule has 2 atom stereocenters. The van der Waals surface area contributed by atoms with E-state index in [1.807, 2.05) is 0 Å². The number of fused-ring (bicyclic) bond motifs is 1. The standard InChI is InChI=1S/C24H25FN8O7/c1-13(34)26-7-15-10-32(24(35)40-15)14-4-5-17(19(25)6-14)18-8-27-22(29-21(18)30(2)3)39-16-9-31-11-20(33(36)37)28-23(31)38-12-16/h4-6,8,11,15-16H,7,9-10,12H2,1-3H3,(H,26,34)/t15-,16-/m0/s1. The monoisotopic (exact) mass is 556 g/mol. The van der Waals surface area contributed by atoms with Crippen LogP contribution in [0, 0.1) is 15.9 Å².